The number of nitrogens with one attached hydrogen (secondary N) is 1. The van der Waals surface area contributed by atoms with E-state index in [0.29, 0.717) is 28.7 Å². The van der Waals surface area contributed by atoms with Crippen LogP contribution >= 0.6 is 28.1 Å². The second-order valence-corrected chi connectivity index (χ2v) is 6.47. The molecule has 0 atom stereocenters. The highest BCUT2D eigenvalue weighted by molar-refractivity contribution is 9.10. The monoisotopic (exact) mass is 432 g/mol. The van der Waals surface area contributed by atoms with Gasteiger partial charge in [0, 0.05) is 10.0 Å². The van der Waals surface area contributed by atoms with Crippen LogP contribution < -0.4 is 9.47 Å². The molecular weight excluding hydrogens is 416 g/mol. The lowest BCUT2D eigenvalue weighted by atomic mass is 10.2. The standard InChI is InChI=1S/C18H17BrN4O2S/c1-3-25-15-9-8-12(10-16(15)24-2)11-20-23-17(21-22-18(23)26)13-6-4-5-7-14(13)19/h4-11H,3H2,1-2H3,(H,22,26)/b20-11-. The summed E-state index contributed by atoms with van der Waals surface area (Å²) < 4.78 is 13.8. The Kier molecular flexibility index (Phi) is 5.85. The zero-order valence-corrected chi connectivity index (χ0v) is 16.7. The number of halogens is 1. The van der Waals surface area contributed by atoms with Crippen molar-refractivity contribution >= 4 is 34.4 Å². The van der Waals surface area contributed by atoms with Crippen molar-refractivity contribution in [3.63, 3.8) is 0 Å². The Morgan fingerprint density at radius 3 is 2.81 bits per heavy atom. The zero-order valence-electron chi connectivity index (χ0n) is 14.3. The number of nitrogens with zero attached hydrogens (tertiary/aromatic N) is 3. The van der Waals surface area contributed by atoms with Crippen LogP contribution in [0.3, 0.4) is 0 Å². The number of hydrogen-bond donors (Lipinski definition) is 1. The second-order valence-electron chi connectivity index (χ2n) is 5.23. The largest absolute Gasteiger partial charge is 0.493 e. The lowest BCUT2D eigenvalue weighted by Crippen LogP contribution is -1.98. The van der Waals surface area contributed by atoms with Crippen molar-refractivity contribution in [1.82, 2.24) is 14.9 Å². The van der Waals surface area contributed by atoms with E-state index in [-0.39, 0.29) is 0 Å². The van der Waals surface area contributed by atoms with E-state index in [1.807, 2.05) is 49.4 Å². The molecule has 26 heavy (non-hydrogen) atoms. The fraction of sp³-hybridized carbons (Fsp3) is 0.167. The van der Waals surface area contributed by atoms with Crippen LogP contribution in [0, 0.1) is 4.77 Å². The van der Waals surface area contributed by atoms with Gasteiger partial charge >= 0.3 is 0 Å². The van der Waals surface area contributed by atoms with E-state index < -0.39 is 0 Å². The number of benzene rings is 2. The Balaban J connectivity index is 1.96. The number of aromatic nitrogens is 3. The van der Waals surface area contributed by atoms with E-state index in [9.17, 15) is 0 Å². The van der Waals surface area contributed by atoms with Gasteiger partial charge in [0.25, 0.3) is 0 Å². The van der Waals surface area contributed by atoms with Crippen LogP contribution in [0.5, 0.6) is 11.5 Å². The van der Waals surface area contributed by atoms with Gasteiger partial charge in [0.2, 0.25) is 4.77 Å². The predicted octanol–water partition coefficient (Wildman–Crippen LogP) is 4.66. The SMILES string of the molecule is CCOc1ccc(/C=N\n2c(-c3ccccc3Br)n[nH]c2=S)cc1OC. The molecule has 3 rings (SSSR count). The number of rotatable bonds is 6. The van der Waals surface area contributed by atoms with Gasteiger partial charge in [-0.05, 0) is 55.0 Å². The molecule has 134 valence electrons. The molecule has 0 saturated carbocycles. The van der Waals surface area contributed by atoms with Crippen LogP contribution in [-0.2, 0) is 0 Å². The molecule has 6 nitrogen and oxygen atoms in total. The Labute approximate surface area is 164 Å². The highest BCUT2D eigenvalue weighted by atomic mass is 79.9. The first kappa shape index (κ1) is 18.3. The first-order valence-corrected chi connectivity index (χ1v) is 9.11. The molecule has 3 aromatic rings. The molecule has 0 fully saturated rings. The smallest absolute Gasteiger partial charge is 0.216 e. The van der Waals surface area contributed by atoms with Crippen LogP contribution in [0.4, 0.5) is 0 Å². The summed E-state index contributed by atoms with van der Waals surface area (Å²) in [5, 5.41) is 11.6. The van der Waals surface area contributed by atoms with Gasteiger partial charge in [0.15, 0.2) is 17.3 Å². The van der Waals surface area contributed by atoms with Crippen molar-refractivity contribution in [3.8, 4) is 22.9 Å². The Morgan fingerprint density at radius 1 is 1.27 bits per heavy atom. The van der Waals surface area contributed by atoms with E-state index in [1.54, 1.807) is 18.0 Å². The minimum absolute atomic E-state index is 0.407. The van der Waals surface area contributed by atoms with Crippen LogP contribution in [0.2, 0.25) is 0 Å². The summed E-state index contributed by atoms with van der Waals surface area (Å²) in [6.07, 6.45) is 1.70. The number of ether oxygens (including phenoxy) is 2. The maximum atomic E-state index is 5.53. The molecule has 8 heteroatoms. The topological polar surface area (TPSA) is 64.4 Å². The lowest BCUT2D eigenvalue weighted by molar-refractivity contribution is 0.311. The molecular formula is C18H17BrN4O2S. The maximum absolute atomic E-state index is 5.53. The summed E-state index contributed by atoms with van der Waals surface area (Å²) >= 11 is 8.84. The van der Waals surface area contributed by atoms with E-state index in [1.165, 1.54) is 0 Å². The Hall–Kier alpha value is -2.45. The first-order chi connectivity index (χ1) is 12.6. The van der Waals surface area contributed by atoms with Crippen LogP contribution in [0.15, 0.2) is 52.0 Å². The number of methoxy groups -OCH3 is 1. The van der Waals surface area contributed by atoms with Crippen LogP contribution in [0.25, 0.3) is 11.4 Å². The second kappa shape index (κ2) is 8.29. The molecule has 0 bridgehead atoms. The summed E-state index contributed by atoms with van der Waals surface area (Å²) in [4.78, 5) is 0. The minimum Gasteiger partial charge on any atom is -0.493 e. The lowest BCUT2D eigenvalue weighted by Gasteiger charge is -2.09. The number of H-pyrrole nitrogens is 1. The molecule has 2 aromatic carbocycles. The zero-order chi connectivity index (χ0) is 18.5. The number of aromatic amines is 1. The van der Waals surface area contributed by atoms with Crippen molar-refractivity contribution in [1.29, 1.82) is 0 Å². The van der Waals surface area contributed by atoms with E-state index in [0.717, 1.165) is 15.6 Å². The average molecular weight is 433 g/mol. The first-order valence-electron chi connectivity index (χ1n) is 7.91. The van der Waals surface area contributed by atoms with E-state index in [4.69, 9.17) is 21.7 Å². The van der Waals surface area contributed by atoms with Crippen molar-refractivity contribution < 1.29 is 9.47 Å². The highest BCUT2D eigenvalue weighted by Gasteiger charge is 2.11. The van der Waals surface area contributed by atoms with Crippen molar-refractivity contribution in [2.45, 2.75) is 6.92 Å². The van der Waals surface area contributed by atoms with Crippen LogP contribution in [-0.4, -0.2) is 34.8 Å². The third-order valence-corrected chi connectivity index (χ3v) is 4.53. The predicted molar refractivity (Wildman–Crippen MR) is 108 cm³/mol. The fourth-order valence-corrected chi connectivity index (χ4v) is 3.02. The van der Waals surface area contributed by atoms with Crippen molar-refractivity contribution in [2.24, 2.45) is 5.10 Å². The van der Waals surface area contributed by atoms with Gasteiger partial charge in [-0.2, -0.15) is 14.9 Å². The summed E-state index contributed by atoms with van der Waals surface area (Å²) in [6.45, 7) is 2.50. The van der Waals surface area contributed by atoms with Gasteiger partial charge in [-0.25, -0.2) is 5.10 Å². The third kappa shape index (κ3) is 3.86. The van der Waals surface area contributed by atoms with Crippen molar-refractivity contribution in [2.75, 3.05) is 13.7 Å². The van der Waals surface area contributed by atoms with Gasteiger partial charge < -0.3 is 9.47 Å². The minimum atomic E-state index is 0.407. The quantitative estimate of drug-likeness (QED) is 0.454. The normalized spacial score (nSPS) is 11.0. The van der Waals surface area contributed by atoms with E-state index in [2.05, 4.69) is 31.2 Å². The molecule has 0 unspecified atom stereocenters. The molecule has 0 aliphatic heterocycles. The summed E-state index contributed by atoms with van der Waals surface area (Å²) in [5.74, 6) is 1.97. The molecule has 0 radical (unpaired) electrons. The summed E-state index contributed by atoms with van der Waals surface area (Å²) in [7, 11) is 1.61. The fourth-order valence-electron chi connectivity index (χ4n) is 2.38. The molecule has 0 aliphatic rings. The van der Waals surface area contributed by atoms with Crippen LogP contribution in [0.1, 0.15) is 12.5 Å². The Bertz CT molecular complexity index is 997. The van der Waals surface area contributed by atoms with Gasteiger partial charge in [-0.1, -0.05) is 28.1 Å². The maximum Gasteiger partial charge on any atom is 0.216 e. The summed E-state index contributed by atoms with van der Waals surface area (Å²) in [6, 6.07) is 13.4. The van der Waals surface area contributed by atoms with Gasteiger partial charge in [-0.15, -0.1) is 0 Å². The molecule has 0 spiro atoms. The van der Waals surface area contributed by atoms with Crippen molar-refractivity contribution in [3.05, 3.63) is 57.3 Å². The number of hydrogen-bond acceptors (Lipinski definition) is 5. The van der Waals surface area contributed by atoms with Gasteiger partial charge in [0.05, 0.1) is 19.9 Å². The molecule has 0 aliphatic carbocycles. The molecule has 0 saturated heterocycles. The average Bonchev–Trinajstić information content (AvgIpc) is 3.02. The Morgan fingerprint density at radius 2 is 2.08 bits per heavy atom. The molecule has 1 heterocycles. The summed E-state index contributed by atoms with van der Waals surface area (Å²) in [5.41, 5.74) is 1.74. The van der Waals surface area contributed by atoms with Gasteiger partial charge in [-0.3, -0.25) is 0 Å². The van der Waals surface area contributed by atoms with E-state index >= 15 is 0 Å². The molecule has 0 amide bonds. The molecule has 1 N–H and O–H groups in total. The third-order valence-electron chi connectivity index (χ3n) is 3.57. The highest BCUT2D eigenvalue weighted by Crippen LogP contribution is 2.28. The molecule has 1 aromatic heterocycles. The van der Waals surface area contributed by atoms with Gasteiger partial charge in [0.1, 0.15) is 0 Å².